The van der Waals surface area contributed by atoms with Crippen LogP contribution in [0.15, 0.2) is 0 Å². The second-order valence-corrected chi connectivity index (χ2v) is 13.0. The second kappa shape index (κ2) is 28.5. The van der Waals surface area contributed by atoms with Crippen molar-refractivity contribution in [3.05, 3.63) is 0 Å². The van der Waals surface area contributed by atoms with E-state index >= 15 is 0 Å². The summed E-state index contributed by atoms with van der Waals surface area (Å²) in [6.07, 6.45) is 27.2. The third-order valence-corrected chi connectivity index (χ3v) is 7.72. The van der Waals surface area contributed by atoms with E-state index in [2.05, 4.69) is 34.6 Å². The average molecular weight is 553 g/mol. The molecule has 1 unspecified atom stereocenters. The molecule has 0 radical (unpaired) electrons. The smallest absolute Gasteiger partial charge is 0.306 e. The number of unbranched alkanes of at least 4 members (excludes halogenated alkanes) is 15. The highest BCUT2D eigenvalue weighted by atomic mass is 16.5. The number of hydrogen-bond acceptors (Lipinski definition) is 4. The highest BCUT2D eigenvalue weighted by Crippen LogP contribution is 2.17. The van der Waals surface area contributed by atoms with E-state index in [1.807, 2.05) is 0 Å². The fourth-order valence-electron chi connectivity index (χ4n) is 5.08. The van der Waals surface area contributed by atoms with Crippen molar-refractivity contribution in [2.75, 3.05) is 13.2 Å². The molecule has 0 aromatic heterocycles. The Morgan fingerprint density at radius 2 is 0.795 bits per heavy atom. The first-order valence-electron chi connectivity index (χ1n) is 17.1. The predicted molar refractivity (Wildman–Crippen MR) is 167 cm³/mol. The van der Waals surface area contributed by atoms with E-state index in [0.29, 0.717) is 32.0 Å². The summed E-state index contributed by atoms with van der Waals surface area (Å²) in [5.41, 5.74) is 0. The second-order valence-electron chi connectivity index (χ2n) is 13.0. The van der Waals surface area contributed by atoms with Crippen molar-refractivity contribution in [1.82, 2.24) is 0 Å². The maximum absolute atomic E-state index is 12.0. The van der Waals surface area contributed by atoms with Crippen LogP contribution in [0.5, 0.6) is 0 Å². The van der Waals surface area contributed by atoms with E-state index in [4.69, 9.17) is 9.47 Å². The minimum Gasteiger partial charge on any atom is -0.466 e. The van der Waals surface area contributed by atoms with E-state index in [9.17, 15) is 9.59 Å². The SMILES string of the molecule is CC(C)CCCCOC(=O)CCCCCCCCCCCCCCCCC(C)CC(=O)OCCCCC(C)C. The normalized spacial score (nSPS) is 12.3. The molecule has 0 bridgehead atoms. The van der Waals surface area contributed by atoms with Gasteiger partial charge in [0.1, 0.15) is 0 Å². The van der Waals surface area contributed by atoms with Gasteiger partial charge in [-0.15, -0.1) is 0 Å². The lowest BCUT2D eigenvalue weighted by molar-refractivity contribution is -0.145. The molecule has 0 saturated carbocycles. The Kier molecular flexibility index (Phi) is 27.7. The van der Waals surface area contributed by atoms with E-state index in [0.717, 1.165) is 56.8 Å². The van der Waals surface area contributed by atoms with Gasteiger partial charge >= 0.3 is 11.9 Å². The lowest BCUT2D eigenvalue weighted by Crippen LogP contribution is -2.10. The quantitative estimate of drug-likeness (QED) is 0.0684. The van der Waals surface area contributed by atoms with Crippen molar-refractivity contribution in [2.24, 2.45) is 17.8 Å². The number of carbonyl (C=O) groups excluding carboxylic acids is 2. The van der Waals surface area contributed by atoms with E-state index in [1.54, 1.807) is 0 Å². The molecule has 0 aliphatic rings. The zero-order valence-electron chi connectivity index (χ0n) is 27.0. The average Bonchev–Trinajstić information content (AvgIpc) is 2.87. The van der Waals surface area contributed by atoms with Crippen molar-refractivity contribution < 1.29 is 19.1 Å². The lowest BCUT2D eigenvalue weighted by atomic mass is 9.98. The molecule has 0 aromatic rings. The van der Waals surface area contributed by atoms with Gasteiger partial charge in [-0.05, 0) is 49.9 Å². The van der Waals surface area contributed by atoms with Gasteiger partial charge in [0.25, 0.3) is 0 Å². The first kappa shape index (κ1) is 37.9. The summed E-state index contributed by atoms with van der Waals surface area (Å²) in [7, 11) is 0. The van der Waals surface area contributed by atoms with Crippen LogP contribution in [0.1, 0.15) is 182 Å². The Bertz CT molecular complexity index is 543. The van der Waals surface area contributed by atoms with Gasteiger partial charge < -0.3 is 9.47 Å². The minimum absolute atomic E-state index is 0.00530. The molecule has 0 amide bonds. The molecule has 39 heavy (non-hydrogen) atoms. The molecular weight excluding hydrogens is 484 g/mol. The Balaban J connectivity index is 3.29. The van der Waals surface area contributed by atoms with Gasteiger partial charge in [-0.2, -0.15) is 0 Å². The number of ether oxygens (including phenoxy) is 2. The molecule has 232 valence electrons. The van der Waals surface area contributed by atoms with Crippen LogP contribution in [0.4, 0.5) is 0 Å². The van der Waals surface area contributed by atoms with Gasteiger partial charge in [0.2, 0.25) is 0 Å². The number of hydrogen-bond donors (Lipinski definition) is 0. The third kappa shape index (κ3) is 31.3. The number of rotatable bonds is 29. The molecular formula is C35H68O4. The van der Waals surface area contributed by atoms with Gasteiger partial charge in [-0.3, -0.25) is 9.59 Å². The third-order valence-electron chi connectivity index (χ3n) is 7.72. The van der Waals surface area contributed by atoms with Crippen molar-refractivity contribution >= 4 is 11.9 Å². The molecule has 0 heterocycles. The van der Waals surface area contributed by atoms with Crippen LogP contribution < -0.4 is 0 Å². The summed E-state index contributed by atoms with van der Waals surface area (Å²) in [5, 5.41) is 0. The minimum atomic E-state index is -0.00721. The first-order chi connectivity index (χ1) is 18.8. The van der Waals surface area contributed by atoms with Gasteiger partial charge in [0, 0.05) is 12.8 Å². The molecule has 0 N–H and O–H groups in total. The van der Waals surface area contributed by atoms with Crippen molar-refractivity contribution in [2.45, 2.75) is 182 Å². The first-order valence-corrected chi connectivity index (χ1v) is 17.1. The largest absolute Gasteiger partial charge is 0.466 e. The van der Waals surface area contributed by atoms with Crippen LogP contribution in [0.25, 0.3) is 0 Å². The highest BCUT2D eigenvalue weighted by Gasteiger charge is 2.10. The van der Waals surface area contributed by atoms with Gasteiger partial charge in [-0.1, -0.05) is 137 Å². The van der Waals surface area contributed by atoms with E-state index in [-0.39, 0.29) is 11.9 Å². The van der Waals surface area contributed by atoms with Gasteiger partial charge in [0.15, 0.2) is 0 Å². The molecule has 0 aliphatic heterocycles. The monoisotopic (exact) mass is 553 g/mol. The summed E-state index contributed by atoms with van der Waals surface area (Å²) in [5.74, 6) is 1.90. The van der Waals surface area contributed by atoms with Gasteiger partial charge in [0.05, 0.1) is 13.2 Å². The van der Waals surface area contributed by atoms with Crippen LogP contribution >= 0.6 is 0 Å². The summed E-state index contributed by atoms with van der Waals surface area (Å²) >= 11 is 0. The molecule has 1 atom stereocenters. The number of esters is 2. The lowest BCUT2D eigenvalue weighted by Gasteiger charge is -2.11. The van der Waals surface area contributed by atoms with Crippen molar-refractivity contribution in [1.29, 1.82) is 0 Å². The molecule has 4 nitrogen and oxygen atoms in total. The fraction of sp³-hybridized carbons (Fsp3) is 0.943. The molecule has 0 aromatic carbocycles. The van der Waals surface area contributed by atoms with Crippen LogP contribution in [0.3, 0.4) is 0 Å². The maximum atomic E-state index is 12.0. The van der Waals surface area contributed by atoms with Crippen LogP contribution in [0, 0.1) is 17.8 Å². The summed E-state index contributed by atoms with van der Waals surface area (Å²) in [6.45, 7) is 12.3. The molecule has 0 rings (SSSR count). The predicted octanol–water partition coefficient (Wildman–Crippen LogP) is 11.0. The van der Waals surface area contributed by atoms with Crippen molar-refractivity contribution in [3.63, 3.8) is 0 Å². The Labute approximate surface area is 244 Å². The molecule has 0 spiro atoms. The van der Waals surface area contributed by atoms with Gasteiger partial charge in [-0.25, -0.2) is 0 Å². The molecule has 0 fully saturated rings. The highest BCUT2D eigenvalue weighted by molar-refractivity contribution is 5.69. The summed E-state index contributed by atoms with van der Waals surface area (Å²) in [6, 6.07) is 0. The molecule has 0 saturated heterocycles. The zero-order valence-corrected chi connectivity index (χ0v) is 27.0. The molecule has 4 heteroatoms. The summed E-state index contributed by atoms with van der Waals surface area (Å²) < 4.78 is 10.7. The topological polar surface area (TPSA) is 52.6 Å². The number of carbonyl (C=O) groups is 2. The standard InChI is InChI=1S/C35H68O4/c1-31(2)24-20-22-28-38-34(36)27-19-17-15-13-11-9-7-6-8-10-12-14-16-18-26-33(5)30-35(37)39-29-23-21-25-32(3)4/h31-33H,6-30H2,1-5H3. The van der Waals surface area contributed by atoms with Crippen molar-refractivity contribution in [3.8, 4) is 0 Å². The van der Waals surface area contributed by atoms with Crippen LogP contribution in [-0.4, -0.2) is 25.2 Å². The van der Waals surface area contributed by atoms with E-state index in [1.165, 1.54) is 89.9 Å². The molecule has 0 aliphatic carbocycles. The maximum Gasteiger partial charge on any atom is 0.306 e. The summed E-state index contributed by atoms with van der Waals surface area (Å²) in [4.78, 5) is 23.7. The Hall–Kier alpha value is -1.06. The van der Waals surface area contributed by atoms with Crippen LogP contribution in [0.2, 0.25) is 0 Å². The zero-order chi connectivity index (χ0) is 29.0. The fourth-order valence-corrected chi connectivity index (χ4v) is 5.08. The van der Waals surface area contributed by atoms with E-state index < -0.39 is 0 Å². The Morgan fingerprint density at radius 3 is 1.23 bits per heavy atom. The van der Waals surface area contributed by atoms with Crippen LogP contribution in [-0.2, 0) is 19.1 Å². The Morgan fingerprint density at radius 1 is 0.436 bits per heavy atom.